The van der Waals surface area contributed by atoms with Gasteiger partial charge in [0.25, 0.3) is 11.8 Å². The van der Waals surface area contributed by atoms with Crippen molar-refractivity contribution in [2.75, 3.05) is 19.6 Å². The number of carbonyl (C=O) groups is 4. The van der Waals surface area contributed by atoms with Crippen LogP contribution in [0.25, 0.3) is 0 Å². The van der Waals surface area contributed by atoms with Gasteiger partial charge in [0.2, 0.25) is 0 Å². The average molecular weight is 351 g/mol. The van der Waals surface area contributed by atoms with Crippen LogP contribution < -0.4 is 10.6 Å². The Hall–Kier alpha value is -2.61. The zero-order valence-corrected chi connectivity index (χ0v) is 13.6. The SMILES string of the molecule is C[C@@]1(c2ccc(Cl)cc2)NC(=O)N(CC(=O)N2CCNC2=O)C1=O. The summed E-state index contributed by atoms with van der Waals surface area (Å²) in [6.45, 7) is 1.65. The lowest BCUT2D eigenvalue weighted by Gasteiger charge is -2.22. The van der Waals surface area contributed by atoms with Gasteiger partial charge in [-0.1, -0.05) is 23.7 Å². The van der Waals surface area contributed by atoms with Crippen LogP contribution in [0.15, 0.2) is 24.3 Å². The van der Waals surface area contributed by atoms with E-state index >= 15 is 0 Å². The van der Waals surface area contributed by atoms with E-state index in [4.69, 9.17) is 11.6 Å². The van der Waals surface area contributed by atoms with Crippen molar-refractivity contribution in [1.82, 2.24) is 20.4 Å². The van der Waals surface area contributed by atoms with Crippen molar-refractivity contribution in [2.24, 2.45) is 0 Å². The fourth-order valence-electron chi connectivity index (χ4n) is 2.75. The van der Waals surface area contributed by atoms with Gasteiger partial charge in [-0.3, -0.25) is 19.4 Å². The first-order valence-corrected chi connectivity index (χ1v) is 7.69. The Kier molecular flexibility index (Phi) is 3.92. The van der Waals surface area contributed by atoms with Gasteiger partial charge in [-0.25, -0.2) is 9.59 Å². The van der Waals surface area contributed by atoms with Crippen LogP contribution in [0.2, 0.25) is 5.02 Å². The van der Waals surface area contributed by atoms with Gasteiger partial charge in [-0.05, 0) is 24.6 Å². The van der Waals surface area contributed by atoms with Gasteiger partial charge >= 0.3 is 12.1 Å². The van der Waals surface area contributed by atoms with Crippen molar-refractivity contribution in [2.45, 2.75) is 12.5 Å². The molecular weight excluding hydrogens is 336 g/mol. The zero-order chi connectivity index (χ0) is 17.5. The molecule has 2 aliphatic heterocycles. The van der Waals surface area contributed by atoms with Crippen LogP contribution in [0.1, 0.15) is 12.5 Å². The molecule has 0 aromatic heterocycles. The molecule has 3 rings (SSSR count). The van der Waals surface area contributed by atoms with Gasteiger partial charge < -0.3 is 10.6 Å². The van der Waals surface area contributed by atoms with Gasteiger partial charge in [-0.15, -0.1) is 0 Å². The molecule has 1 aromatic carbocycles. The molecule has 0 unspecified atom stereocenters. The highest BCUT2D eigenvalue weighted by molar-refractivity contribution is 6.30. The number of halogens is 1. The number of carbonyl (C=O) groups excluding carboxylic acids is 4. The zero-order valence-electron chi connectivity index (χ0n) is 12.8. The summed E-state index contributed by atoms with van der Waals surface area (Å²) >= 11 is 5.84. The minimum absolute atomic E-state index is 0.218. The van der Waals surface area contributed by atoms with Crippen molar-refractivity contribution in [3.8, 4) is 0 Å². The van der Waals surface area contributed by atoms with Crippen LogP contribution in [0.3, 0.4) is 0 Å². The topological polar surface area (TPSA) is 98.8 Å². The molecule has 8 nitrogen and oxygen atoms in total. The summed E-state index contributed by atoms with van der Waals surface area (Å²) in [4.78, 5) is 50.3. The minimum Gasteiger partial charge on any atom is -0.336 e. The molecule has 2 N–H and O–H groups in total. The third-order valence-electron chi connectivity index (χ3n) is 4.15. The van der Waals surface area contributed by atoms with Gasteiger partial charge in [0.15, 0.2) is 0 Å². The monoisotopic (exact) mass is 350 g/mol. The number of imide groups is 2. The molecule has 6 amide bonds. The quantitative estimate of drug-likeness (QED) is 0.782. The Labute approximate surface area is 142 Å². The Balaban J connectivity index is 1.80. The molecule has 0 saturated carbocycles. The second-order valence-electron chi connectivity index (χ2n) is 5.73. The van der Waals surface area contributed by atoms with Crippen LogP contribution in [0, 0.1) is 0 Å². The van der Waals surface area contributed by atoms with Crippen LogP contribution in [-0.2, 0) is 15.1 Å². The summed E-state index contributed by atoms with van der Waals surface area (Å²) < 4.78 is 0. The predicted octanol–water partition coefficient (Wildman–Crippen LogP) is 0.659. The Bertz CT molecular complexity index is 735. The van der Waals surface area contributed by atoms with Gasteiger partial charge in [0, 0.05) is 18.1 Å². The van der Waals surface area contributed by atoms with Gasteiger partial charge in [0.1, 0.15) is 12.1 Å². The number of amides is 6. The van der Waals surface area contributed by atoms with Crippen LogP contribution in [0.4, 0.5) is 9.59 Å². The third-order valence-corrected chi connectivity index (χ3v) is 4.40. The highest BCUT2D eigenvalue weighted by Crippen LogP contribution is 2.29. The van der Waals surface area contributed by atoms with Crippen molar-refractivity contribution >= 4 is 35.5 Å². The molecular formula is C15H15ClN4O4. The summed E-state index contributed by atoms with van der Waals surface area (Å²) in [6, 6.07) is 5.31. The molecule has 1 aromatic rings. The Morgan fingerprint density at radius 3 is 2.46 bits per heavy atom. The first kappa shape index (κ1) is 16.3. The number of rotatable bonds is 3. The largest absolute Gasteiger partial charge is 0.336 e. The lowest BCUT2D eigenvalue weighted by Crippen LogP contribution is -2.45. The molecule has 2 fully saturated rings. The molecule has 1 atom stereocenters. The number of nitrogens with one attached hydrogen (secondary N) is 2. The Morgan fingerprint density at radius 1 is 1.21 bits per heavy atom. The third kappa shape index (κ3) is 2.58. The maximum atomic E-state index is 12.7. The fraction of sp³-hybridized carbons (Fsp3) is 0.333. The second kappa shape index (κ2) is 5.79. The number of urea groups is 2. The summed E-state index contributed by atoms with van der Waals surface area (Å²) in [7, 11) is 0. The molecule has 0 bridgehead atoms. The number of nitrogens with zero attached hydrogens (tertiary/aromatic N) is 2. The molecule has 2 aliphatic rings. The van der Waals surface area contributed by atoms with Crippen molar-refractivity contribution in [1.29, 1.82) is 0 Å². The van der Waals surface area contributed by atoms with E-state index in [9.17, 15) is 19.2 Å². The molecule has 0 radical (unpaired) electrons. The van der Waals surface area contributed by atoms with Crippen molar-refractivity contribution in [3.05, 3.63) is 34.9 Å². The lowest BCUT2D eigenvalue weighted by atomic mass is 9.92. The highest BCUT2D eigenvalue weighted by Gasteiger charge is 2.50. The second-order valence-corrected chi connectivity index (χ2v) is 6.17. The minimum atomic E-state index is -1.28. The van der Waals surface area contributed by atoms with Gasteiger partial charge in [0.05, 0.1) is 0 Å². The molecule has 9 heteroatoms. The van der Waals surface area contributed by atoms with Crippen molar-refractivity contribution < 1.29 is 19.2 Å². The van der Waals surface area contributed by atoms with E-state index in [1.54, 1.807) is 31.2 Å². The van der Waals surface area contributed by atoms with E-state index in [1.807, 2.05) is 0 Å². The highest BCUT2D eigenvalue weighted by atomic mass is 35.5. The normalized spacial score (nSPS) is 23.5. The lowest BCUT2D eigenvalue weighted by molar-refractivity contribution is -0.137. The van der Waals surface area contributed by atoms with Crippen LogP contribution >= 0.6 is 11.6 Å². The van der Waals surface area contributed by atoms with E-state index in [0.29, 0.717) is 17.1 Å². The molecule has 0 spiro atoms. The standard InChI is InChI=1S/C15H15ClN4O4/c1-15(9-2-4-10(16)5-3-9)12(22)20(14(24)18-15)8-11(21)19-7-6-17-13(19)23/h2-5H,6-8H2,1H3,(H,17,23)(H,18,24)/t15-/m0/s1. The number of hydrogen-bond acceptors (Lipinski definition) is 4. The van der Waals surface area contributed by atoms with Gasteiger partial charge in [-0.2, -0.15) is 0 Å². The molecule has 2 saturated heterocycles. The van der Waals surface area contributed by atoms with E-state index in [2.05, 4.69) is 10.6 Å². The Morgan fingerprint density at radius 2 is 1.88 bits per heavy atom. The first-order chi connectivity index (χ1) is 11.3. The fourth-order valence-corrected chi connectivity index (χ4v) is 2.88. The molecule has 2 heterocycles. The van der Waals surface area contributed by atoms with Crippen LogP contribution in [-0.4, -0.2) is 53.3 Å². The maximum absolute atomic E-state index is 12.7. The average Bonchev–Trinajstić information content (AvgIpc) is 3.05. The predicted molar refractivity (Wildman–Crippen MR) is 84.2 cm³/mol. The van der Waals surface area contributed by atoms with E-state index < -0.39 is 36.0 Å². The summed E-state index contributed by atoms with van der Waals surface area (Å²) in [6.07, 6.45) is 0. The van der Waals surface area contributed by atoms with Crippen molar-refractivity contribution in [3.63, 3.8) is 0 Å². The van der Waals surface area contributed by atoms with E-state index in [0.717, 1.165) is 9.80 Å². The molecule has 0 aliphatic carbocycles. The summed E-state index contributed by atoms with van der Waals surface area (Å²) in [5.74, 6) is -1.16. The molecule has 126 valence electrons. The first-order valence-electron chi connectivity index (χ1n) is 7.31. The van der Waals surface area contributed by atoms with E-state index in [1.165, 1.54) is 0 Å². The summed E-state index contributed by atoms with van der Waals surface area (Å²) in [5, 5.41) is 5.60. The molecule has 24 heavy (non-hydrogen) atoms. The maximum Gasteiger partial charge on any atom is 0.325 e. The van der Waals surface area contributed by atoms with E-state index in [-0.39, 0.29) is 6.54 Å². The van der Waals surface area contributed by atoms with Crippen LogP contribution in [0.5, 0.6) is 0 Å². The number of hydrogen-bond donors (Lipinski definition) is 2. The number of benzene rings is 1. The summed E-state index contributed by atoms with van der Waals surface area (Å²) in [5.41, 5.74) is -0.728. The smallest absolute Gasteiger partial charge is 0.325 e.